The van der Waals surface area contributed by atoms with E-state index in [4.69, 9.17) is 0 Å². The summed E-state index contributed by atoms with van der Waals surface area (Å²) in [4.78, 5) is 17.3. The van der Waals surface area contributed by atoms with E-state index in [1.807, 2.05) is 22.9 Å². The van der Waals surface area contributed by atoms with Gasteiger partial charge in [-0.25, -0.2) is 4.98 Å². The number of aromatic nitrogens is 2. The van der Waals surface area contributed by atoms with Gasteiger partial charge < -0.3 is 4.57 Å². The fraction of sp³-hybridized carbons (Fsp3) is 0.333. The molecule has 0 saturated heterocycles. The van der Waals surface area contributed by atoms with Crippen molar-refractivity contribution in [3.8, 4) is 0 Å². The molecule has 0 atom stereocenters. The molecule has 0 unspecified atom stereocenters. The fourth-order valence-corrected chi connectivity index (χ4v) is 2.77. The van der Waals surface area contributed by atoms with E-state index in [0.717, 1.165) is 17.3 Å². The van der Waals surface area contributed by atoms with Crippen LogP contribution in [0.4, 0.5) is 0 Å². The van der Waals surface area contributed by atoms with Gasteiger partial charge >= 0.3 is 0 Å². The van der Waals surface area contributed by atoms with Crippen LogP contribution < -0.4 is 0 Å². The number of ketones is 1. The molecule has 3 nitrogen and oxygen atoms in total. The second-order valence-electron chi connectivity index (χ2n) is 4.45. The van der Waals surface area contributed by atoms with Crippen LogP contribution >= 0.6 is 11.8 Å². The molecule has 0 spiro atoms. The van der Waals surface area contributed by atoms with Gasteiger partial charge in [0.15, 0.2) is 5.78 Å². The summed E-state index contributed by atoms with van der Waals surface area (Å²) >= 11 is 1.59. The van der Waals surface area contributed by atoms with E-state index in [0.29, 0.717) is 12.2 Å². The smallest absolute Gasteiger partial charge is 0.150 e. The van der Waals surface area contributed by atoms with Crippen molar-refractivity contribution in [2.45, 2.75) is 31.7 Å². The molecule has 0 aliphatic rings. The van der Waals surface area contributed by atoms with Gasteiger partial charge in [-0.15, -0.1) is 11.8 Å². The first-order valence-electron chi connectivity index (χ1n) is 6.40. The van der Waals surface area contributed by atoms with E-state index in [2.05, 4.69) is 31.0 Å². The summed E-state index contributed by atoms with van der Waals surface area (Å²) in [6, 6.07) is 8.22. The van der Waals surface area contributed by atoms with Crippen LogP contribution in [-0.2, 0) is 17.8 Å². The number of benzene rings is 1. The third-order valence-corrected chi connectivity index (χ3v) is 3.94. The van der Waals surface area contributed by atoms with Crippen LogP contribution in [0.2, 0.25) is 0 Å². The number of thioether (sulfide) groups is 1. The standard InChI is InChI=1S/C15H18N2OS/c1-3-17-8-7-16-15(17)10-13(18)11-19-14-6-4-5-12(2)9-14/h4-9H,3,10-11H2,1-2H3. The number of hydrogen-bond acceptors (Lipinski definition) is 3. The molecular formula is C15H18N2OS. The molecule has 0 aliphatic heterocycles. The predicted molar refractivity (Wildman–Crippen MR) is 78.5 cm³/mol. The molecular weight excluding hydrogens is 256 g/mol. The Morgan fingerprint density at radius 2 is 2.26 bits per heavy atom. The minimum Gasteiger partial charge on any atom is -0.335 e. The summed E-state index contributed by atoms with van der Waals surface area (Å²) in [6.07, 6.45) is 4.08. The molecule has 4 heteroatoms. The van der Waals surface area contributed by atoms with Gasteiger partial charge in [0.05, 0.1) is 12.2 Å². The molecule has 0 fully saturated rings. The highest BCUT2D eigenvalue weighted by Gasteiger charge is 2.09. The highest BCUT2D eigenvalue weighted by atomic mass is 32.2. The zero-order chi connectivity index (χ0) is 13.7. The lowest BCUT2D eigenvalue weighted by molar-refractivity contribution is -0.116. The Kier molecular flexibility index (Phi) is 4.80. The van der Waals surface area contributed by atoms with Crippen molar-refractivity contribution in [3.63, 3.8) is 0 Å². The van der Waals surface area contributed by atoms with Crippen molar-refractivity contribution in [2.75, 3.05) is 5.75 Å². The van der Waals surface area contributed by atoms with E-state index in [1.165, 1.54) is 5.56 Å². The van der Waals surface area contributed by atoms with E-state index in [9.17, 15) is 4.79 Å². The van der Waals surface area contributed by atoms with E-state index < -0.39 is 0 Å². The third kappa shape index (κ3) is 3.96. The van der Waals surface area contributed by atoms with Crippen molar-refractivity contribution in [1.82, 2.24) is 9.55 Å². The number of Topliss-reactive ketones (excluding diaryl/α,β-unsaturated/α-hetero) is 1. The summed E-state index contributed by atoms with van der Waals surface area (Å²) in [5.41, 5.74) is 1.22. The van der Waals surface area contributed by atoms with E-state index in [1.54, 1.807) is 18.0 Å². The maximum absolute atomic E-state index is 12.0. The maximum Gasteiger partial charge on any atom is 0.150 e. The quantitative estimate of drug-likeness (QED) is 0.759. The summed E-state index contributed by atoms with van der Waals surface area (Å²) in [5.74, 6) is 1.57. The van der Waals surface area contributed by atoms with Crippen molar-refractivity contribution < 1.29 is 4.79 Å². The first kappa shape index (κ1) is 13.9. The zero-order valence-electron chi connectivity index (χ0n) is 11.3. The van der Waals surface area contributed by atoms with Crippen molar-refractivity contribution in [3.05, 3.63) is 48.0 Å². The molecule has 1 aromatic heterocycles. The minimum absolute atomic E-state index is 0.215. The van der Waals surface area contributed by atoms with E-state index >= 15 is 0 Å². The van der Waals surface area contributed by atoms with Gasteiger partial charge in [-0.1, -0.05) is 17.7 Å². The molecule has 1 heterocycles. The molecule has 2 rings (SSSR count). The van der Waals surface area contributed by atoms with Gasteiger partial charge in [0.25, 0.3) is 0 Å². The van der Waals surface area contributed by atoms with Crippen LogP contribution in [0.15, 0.2) is 41.6 Å². The molecule has 19 heavy (non-hydrogen) atoms. The number of nitrogens with zero attached hydrogens (tertiary/aromatic N) is 2. The topological polar surface area (TPSA) is 34.9 Å². The van der Waals surface area contributed by atoms with Crippen LogP contribution in [0.3, 0.4) is 0 Å². The molecule has 0 bridgehead atoms. The Morgan fingerprint density at radius 3 is 3.00 bits per heavy atom. The van der Waals surface area contributed by atoms with Crippen molar-refractivity contribution in [2.24, 2.45) is 0 Å². The number of carbonyl (C=O) groups is 1. The second-order valence-corrected chi connectivity index (χ2v) is 5.50. The SMILES string of the molecule is CCn1ccnc1CC(=O)CSc1cccc(C)c1. The molecule has 0 aliphatic carbocycles. The number of carbonyl (C=O) groups excluding carboxylic acids is 1. The number of imidazole rings is 1. The van der Waals surface area contributed by atoms with Gasteiger partial charge in [-0.3, -0.25) is 4.79 Å². The van der Waals surface area contributed by atoms with Crippen LogP contribution in [0.5, 0.6) is 0 Å². The summed E-state index contributed by atoms with van der Waals surface area (Å²) < 4.78 is 2.01. The normalized spacial score (nSPS) is 10.6. The first-order chi connectivity index (χ1) is 9.19. The molecule has 1 aromatic carbocycles. The number of hydrogen-bond donors (Lipinski definition) is 0. The summed E-state index contributed by atoms with van der Waals surface area (Å²) in [7, 11) is 0. The van der Waals surface area contributed by atoms with Crippen molar-refractivity contribution >= 4 is 17.5 Å². The zero-order valence-corrected chi connectivity index (χ0v) is 12.1. The molecule has 0 radical (unpaired) electrons. The monoisotopic (exact) mass is 274 g/mol. The highest BCUT2D eigenvalue weighted by molar-refractivity contribution is 8.00. The third-order valence-electron chi connectivity index (χ3n) is 2.89. The van der Waals surface area contributed by atoms with Gasteiger partial charge in [0, 0.05) is 23.8 Å². The lowest BCUT2D eigenvalue weighted by Crippen LogP contribution is -2.11. The average Bonchev–Trinajstić information content (AvgIpc) is 2.84. The predicted octanol–water partition coefficient (Wildman–Crippen LogP) is 3.12. The Morgan fingerprint density at radius 1 is 1.42 bits per heavy atom. The van der Waals surface area contributed by atoms with Crippen LogP contribution in [-0.4, -0.2) is 21.1 Å². The van der Waals surface area contributed by atoms with E-state index in [-0.39, 0.29) is 5.78 Å². The molecule has 100 valence electrons. The molecule has 0 saturated carbocycles. The Hall–Kier alpha value is -1.55. The fourth-order valence-electron chi connectivity index (χ4n) is 1.89. The van der Waals surface area contributed by atoms with Crippen LogP contribution in [0.25, 0.3) is 0 Å². The van der Waals surface area contributed by atoms with Gasteiger partial charge in [-0.2, -0.15) is 0 Å². The van der Waals surface area contributed by atoms with Crippen LogP contribution in [0.1, 0.15) is 18.3 Å². The molecule has 0 N–H and O–H groups in total. The lowest BCUT2D eigenvalue weighted by Gasteiger charge is -2.04. The Bertz CT molecular complexity index is 563. The molecule has 0 amide bonds. The Balaban J connectivity index is 1.88. The van der Waals surface area contributed by atoms with Crippen LogP contribution in [0, 0.1) is 6.92 Å². The largest absolute Gasteiger partial charge is 0.335 e. The van der Waals surface area contributed by atoms with Gasteiger partial charge in [0.1, 0.15) is 5.82 Å². The second kappa shape index (κ2) is 6.57. The minimum atomic E-state index is 0.215. The maximum atomic E-state index is 12.0. The number of rotatable bonds is 6. The number of aryl methyl sites for hydroxylation is 2. The summed E-state index contributed by atoms with van der Waals surface area (Å²) in [5, 5.41) is 0. The Labute approximate surface area is 118 Å². The van der Waals surface area contributed by atoms with Gasteiger partial charge in [0.2, 0.25) is 0 Å². The highest BCUT2D eigenvalue weighted by Crippen LogP contribution is 2.19. The lowest BCUT2D eigenvalue weighted by atomic mass is 10.2. The first-order valence-corrected chi connectivity index (χ1v) is 7.38. The van der Waals surface area contributed by atoms with Crippen molar-refractivity contribution in [1.29, 1.82) is 0 Å². The van der Waals surface area contributed by atoms with Gasteiger partial charge in [-0.05, 0) is 26.0 Å². The average molecular weight is 274 g/mol. The summed E-state index contributed by atoms with van der Waals surface area (Å²) in [6.45, 7) is 4.97. The molecule has 2 aromatic rings.